The molecule has 2 N–H and O–H groups in total. The van der Waals surface area contributed by atoms with Gasteiger partial charge in [0.1, 0.15) is 5.75 Å². The topological polar surface area (TPSA) is 67.4 Å². The van der Waals surface area contributed by atoms with E-state index in [2.05, 4.69) is 10.9 Å². The quantitative estimate of drug-likeness (QED) is 0.756. The summed E-state index contributed by atoms with van der Waals surface area (Å²) >= 11 is 7.39. The fourth-order valence-electron chi connectivity index (χ4n) is 2.02. The maximum atomic E-state index is 12.2. The van der Waals surface area contributed by atoms with E-state index in [1.165, 1.54) is 24.9 Å². The normalized spacial score (nSPS) is 11.5. The molecule has 2 rings (SSSR count). The molecular weight excluding hydrogens is 360 g/mol. The summed E-state index contributed by atoms with van der Waals surface area (Å²) in [4.78, 5) is 24.3. The highest BCUT2D eigenvalue weighted by Crippen LogP contribution is 2.22. The minimum atomic E-state index is -0.493. The summed E-state index contributed by atoms with van der Waals surface area (Å²) in [7, 11) is 1.46. The van der Waals surface area contributed by atoms with E-state index in [9.17, 15) is 9.59 Å². The third kappa shape index (κ3) is 5.69. The van der Waals surface area contributed by atoms with E-state index < -0.39 is 5.91 Å². The number of hydrogen-bond donors (Lipinski definition) is 2. The van der Waals surface area contributed by atoms with Crippen LogP contribution in [-0.2, 0) is 10.5 Å². The highest BCUT2D eigenvalue weighted by atomic mass is 35.5. The molecule has 2 amide bonds. The molecule has 0 aliphatic heterocycles. The minimum Gasteiger partial charge on any atom is -0.496 e. The number of thioether (sulfide) groups is 1. The fraction of sp³-hybridized carbons (Fsp3) is 0.222. The van der Waals surface area contributed by atoms with Crippen LogP contribution in [0.15, 0.2) is 48.5 Å². The summed E-state index contributed by atoms with van der Waals surface area (Å²) in [5.74, 6) is 0.316. The summed E-state index contributed by atoms with van der Waals surface area (Å²) < 4.78 is 5.13. The second kappa shape index (κ2) is 9.34. The van der Waals surface area contributed by atoms with E-state index in [-0.39, 0.29) is 16.7 Å². The number of amides is 2. The molecule has 0 radical (unpaired) electrons. The number of halogens is 1. The number of hydrazine groups is 1. The predicted molar refractivity (Wildman–Crippen MR) is 101 cm³/mol. The molecule has 1 atom stereocenters. The van der Waals surface area contributed by atoms with Crippen LogP contribution in [-0.4, -0.2) is 24.2 Å². The maximum Gasteiger partial charge on any atom is 0.273 e. The van der Waals surface area contributed by atoms with Crippen molar-refractivity contribution in [2.75, 3.05) is 7.11 Å². The smallest absolute Gasteiger partial charge is 0.273 e. The molecule has 0 aliphatic carbocycles. The first-order valence-corrected chi connectivity index (χ1v) is 9.03. The van der Waals surface area contributed by atoms with E-state index in [0.717, 1.165) is 5.56 Å². The molecule has 1 unspecified atom stereocenters. The van der Waals surface area contributed by atoms with Crippen LogP contribution in [0.5, 0.6) is 5.75 Å². The largest absolute Gasteiger partial charge is 0.496 e. The molecule has 0 aromatic heterocycles. The number of ether oxygens (including phenoxy) is 1. The van der Waals surface area contributed by atoms with Crippen molar-refractivity contribution < 1.29 is 14.3 Å². The van der Waals surface area contributed by atoms with Crippen molar-refractivity contribution in [2.24, 2.45) is 0 Å². The van der Waals surface area contributed by atoms with Crippen LogP contribution >= 0.6 is 23.4 Å². The zero-order valence-electron chi connectivity index (χ0n) is 13.9. The molecule has 0 fully saturated rings. The zero-order valence-corrected chi connectivity index (χ0v) is 15.5. The van der Waals surface area contributed by atoms with Gasteiger partial charge in [0.05, 0.1) is 17.9 Å². The molecule has 0 heterocycles. The molecule has 0 saturated heterocycles. The van der Waals surface area contributed by atoms with Gasteiger partial charge in [-0.25, -0.2) is 0 Å². The lowest BCUT2D eigenvalue weighted by Gasteiger charge is -2.14. The molecule has 0 saturated carbocycles. The van der Waals surface area contributed by atoms with Crippen molar-refractivity contribution in [1.29, 1.82) is 0 Å². The van der Waals surface area contributed by atoms with E-state index >= 15 is 0 Å². The SMILES string of the molecule is COc1ccc(Cl)cc1C(=O)NNC(=O)C(C)SCc1ccccc1. The molecule has 0 spiro atoms. The standard InChI is InChI=1S/C18H19ClN2O3S/c1-12(25-11-13-6-4-3-5-7-13)17(22)20-21-18(23)15-10-14(19)8-9-16(15)24-2/h3-10,12H,11H2,1-2H3,(H,20,22)(H,21,23). The summed E-state index contributed by atoms with van der Waals surface area (Å²) in [6.45, 7) is 1.79. The van der Waals surface area contributed by atoms with Crippen LogP contribution in [0.3, 0.4) is 0 Å². The highest BCUT2D eigenvalue weighted by Gasteiger charge is 2.17. The van der Waals surface area contributed by atoms with Crippen molar-refractivity contribution in [1.82, 2.24) is 10.9 Å². The lowest BCUT2D eigenvalue weighted by Crippen LogP contribution is -2.45. The first kappa shape index (κ1) is 19.1. The van der Waals surface area contributed by atoms with Gasteiger partial charge in [-0.2, -0.15) is 0 Å². The Balaban J connectivity index is 1.86. The van der Waals surface area contributed by atoms with Gasteiger partial charge in [-0.05, 0) is 30.7 Å². The average molecular weight is 379 g/mol. The van der Waals surface area contributed by atoms with Crippen LogP contribution in [0.2, 0.25) is 5.02 Å². The number of benzene rings is 2. The van der Waals surface area contributed by atoms with Crippen molar-refractivity contribution >= 4 is 35.2 Å². The van der Waals surface area contributed by atoms with Crippen LogP contribution < -0.4 is 15.6 Å². The second-order valence-electron chi connectivity index (χ2n) is 5.23. The Morgan fingerprint density at radius 2 is 1.88 bits per heavy atom. The Hall–Kier alpha value is -2.18. The van der Waals surface area contributed by atoms with Crippen molar-refractivity contribution in [3.05, 3.63) is 64.7 Å². The number of carbonyl (C=O) groups excluding carboxylic acids is 2. The van der Waals surface area contributed by atoms with E-state index in [1.54, 1.807) is 19.1 Å². The third-order valence-corrected chi connectivity index (χ3v) is 4.87. The number of nitrogens with one attached hydrogen (secondary N) is 2. The Morgan fingerprint density at radius 1 is 1.16 bits per heavy atom. The number of hydrogen-bond acceptors (Lipinski definition) is 4. The monoisotopic (exact) mass is 378 g/mol. The number of methoxy groups -OCH3 is 1. The molecular formula is C18H19ClN2O3S. The number of carbonyl (C=O) groups is 2. The van der Waals surface area contributed by atoms with Gasteiger partial charge in [-0.3, -0.25) is 20.4 Å². The summed E-state index contributed by atoms with van der Waals surface area (Å²) in [5, 5.41) is 0.0887. The van der Waals surface area contributed by atoms with Crippen LogP contribution in [0.4, 0.5) is 0 Å². The molecule has 0 bridgehead atoms. The van der Waals surface area contributed by atoms with Gasteiger partial charge in [0.25, 0.3) is 11.8 Å². The van der Waals surface area contributed by atoms with Crippen LogP contribution in [0.1, 0.15) is 22.8 Å². The van der Waals surface area contributed by atoms with Gasteiger partial charge in [0.15, 0.2) is 0 Å². The number of rotatable bonds is 6. The van der Waals surface area contributed by atoms with E-state index in [0.29, 0.717) is 16.5 Å². The molecule has 7 heteroatoms. The maximum absolute atomic E-state index is 12.2. The summed E-state index contributed by atoms with van der Waals surface area (Å²) in [5.41, 5.74) is 6.21. The van der Waals surface area contributed by atoms with Gasteiger partial charge < -0.3 is 4.74 Å². The summed E-state index contributed by atoms with van der Waals surface area (Å²) in [6, 6.07) is 14.6. The molecule has 25 heavy (non-hydrogen) atoms. The Kier molecular flexibility index (Phi) is 7.16. The first-order chi connectivity index (χ1) is 12.0. The van der Waals surface area contributed by atoms with Crippen molar-refractivity contribution in [3.8, 4) is 5.75 Å². The minimum absolute atomic E-state index is 0.250. The predicted octanol–water partition coefficient (Wildman–Crippen LogP) is 3.43. The third-order valence-electron chi connectivity index (χ3n) is 3.42. The average Bonchev–Trinajstić information content (AvgIpc) is 2.64. The Bertz CT molecular complexity index is 740. The van der Waals surface area contributed by atoms with Gasteiger partial charge in [0.2, 0.25) is 0 Å². The van der Waals surface area contributed by atoms with E-state index in [4.69, 9.17) is 16.3 Å². The first-order valence-electron chi connectivity index (χ1n) is 7.60. The van der Waals surface area contributed by atoms with Gasteiger partial charge in [0, 0.05) is 10.8 Å². The van der Waals surface area contributed by atoms with Crippen molar-refractivity contribution in [2.45, 2.75) is 17.9 Å². The Morgan fingerprint density at radius 3 is 2.56 bits per heavy atom. The molecule has 0 aliphatic rings. The van der Waals surface area contributed by atoms with Gasteiger partial charge >= 0.3 is 0 Å². The molecule has 132 valence electrons. The lowest BCUT2D eigenvalue weighted by molar-refractivity contribution is -0.121. The van der Waals surface area contributed by atoms with Crippen LogP contribution in [0.25, 0.3) is 0 Å². The zero-order chi connectivity index (χ0) is 18.2. The summed E-state index contributed by atoms with van der Waals surface area (Å²) in [6.07, 6.45) is 0. The van der Waals surface area contributed by atoms with Gasteiger partial charge in [-0.15, -0.1) is 11.8 Å². The molecule has 5 nitrogen and oxygen atoms in total. The fourth-order valence-corrected chi connectivity index (χ4v) is 3.03. The lowest BCUT2D eigenvalue weighted by atomic mass is 10.2. The second-order valence-corrected chi connectivity index (χ2v) is 6.99. The molecule has 2 aromatic rings. The Labute approximate surface area is 156 Å². The molecule has 2 aromatic carbocycles. The van der Waals surface area contributed by atoms with E-state index in [1.807, 2.05) is 30.3 Å². The highest BCUT2D eigenvalue weighted by molar-refractivity contribution is 7.99. The van der Waals surface area contributed by atoms with Gasteiger partial charge in [-0.1, -0.05) is 41.9 Å². The van der Waals surface area contributed by atoms with Crippen molar-refractivity contribution in [3.63, 3.8) is 0 Å². The van der Waals surface area contributed by atoms with Crippen LogP contribution in [0, 0.1) is 0 Å².